The molecule has 1 amide bonds. The first-order valence-electron chi connectivity index (χ1n) is 9.37. The summed E-state index contributed by atoms with van der Waals surface area (Å²) < 4.78 is 37.7. The van der Waals surface area contributed by atoms with E-state index in [0.29, 0.717) is 30.4 Å². The van der Waals surface area contributed by atoms with E-state index in [1.54, 1.807) is 0 Å². The number of hydrogen-bond donors (Lipinski definition) is 2. The quantitative estimate of drug-likeness (QED) is 0.603. The van der Waals surface area contributed by atoms with Crippen molar-refractivity contribution < 1.29 is 18.0 Å². The van der Waals surface area contributed by atoms with E-state index in [-0.39, 0.29) is 5.91 Å². The Balaban J connectivity index is 1.38. The lowest BCUT2D eigenvalue weighted by Gasteiger charge is -2.11. The zero-order valence-electron chi connectivity index (χ0n) is 15.5. The number of carbonyl (C=O) groups excluding carboxylic acids is 1. The summed E-state index contributed by atoms with van der Waals surface area (Å²) in [5, 5.41) is 6.55. The molecule has 3 aromatic rings. The van der Waals surface area contributed by atoms with Crippen molar-refractivity contribution in [1.29, 1.82) is 0 Å². The number of nitrogens with one attached hydrogen (secondary N) is 2. The third-order valence-corrected chi connectivity index (χ3v) is 4.78. The molecule has 0 bridgehead atoms. The van der Waals surface area contributed by atoms with Gasteiger partial charge in [0.05, 0.1) is 16.6 Å². The molecule has 0 spiro atoms. The molecule has 2 aromatic heterocycles. The number of hydrogen-bond acceptors (Lipinski definition) is 4. The van der Waals surface area contributed by atoms with E-state index in [1.165, 1.54) is 6.07 Å². The number of rotatable bonds is 6. The molecule has 1 aliphatic rings. The number of aromatic nitrogens is 2. The summed E-state index contributed by atoms with van der Waals surface area (Å²) in [4.78, 5) is 21.1. The first kappa shape index (κ1) is 19.2. The van der Waals surface area contributed by atoms with Gasteiger partial charge in [-0.3, -0.25) is 9.78 Å². The van der Waals surface area contributed by atoms with Gasteiger partial charge in [-0.05, 0) is 37.1 Å². The molecule has 4 rings (SSSR count). The van der Waals surface area contributed by atoms with E-state index in [0.717, 1.165) is 41.7 Å². The second-order valence-electron chi connectivity index (χ2n) is 7.00. The molecular weight excluding hydrogens is 381 g/mol. The highest BCUT2D eigenvalue weighted by atomic mass is 19.4. The van der Waals surface area contributed by atoms with Gasteiger partial charge in [0.2, 0.25) is 0 Å². The van der Waals surface area contributed by atoms with Crippen LogP contribution < -0.4 is 10.6 Å². The van der Waals surface area contributed by atoms with Gasteiger partial charge >= 0.3 is 6.18 Å². The number of halogens is 3. The normalized spacial score (nSPS) is 14.0. The summed E-state index contributed by atoms with van der Waals surface area (Å²) in [5.74, 6) is 0.545. The Morgan fingerprint density at radius 1 is 1.10 bits per heavy atom. The Morgan fingerprint density at radius 2 is 1.90 bits per heavy atom. The fourth-order valence-electron chi connectivity index (χ4n) is 3.10. The van der Waals surface area contributed by atoms with Gasteiger partial charge in [-0.1, -0.05) is 18.2 Å². The molecule has 1 fully saturated rings. The van der Waals surface area contributed by atoms with Crippen LogP contribution in [0.4, 0.5) is 19.0 Å². The molecule has 29 heavy (non-hydrogen) atoms. The average molecular weight is 400 g/mol. The molecule has 0 radical (unpaired) electrons. The Morgan fingerprint density at radius 3 is 2.59 bits per heavy atom. The predicted octanol–water partition coefficient (Wildman–Crippen LogP) is 4.37. The molecule has 1 saturated carbocycles. The number of pyridine rings is 2. The molecule has 5 nitrogen and oxygen atoms in total. The molecule has 1 aliphatic carbocycles. The van der Waals surface area contributed by atoms with Gasteiger partial charge in [-0.2, -0.15) is 13.2 Å². The van der Waals surface area contributed by atoms with Crippen LogP contribution >= 0.6 is 0 Å². The highest BCUT2D eigenvalue weighted by Gasteiger charge is 2.30. The Kier molecular flexibility index (Phi) is 5.08. The molecule has 0 saturated heterocycles. The van der Waals surface area contributed by atoms with E-state index >= 15 is 0 Å². The van der Waals surface area contributed by atoms with Crippen molar-refractivity contribution in [3.05, 3.63) is 65.5 Å². The van der Waals surface area contributed by atoms with Crippen molar-refractivity contribution in [3.8, 4) is 0 Å². The first-order chi connectivity index (χ1) is 13.9. The molecule has 2 N–H and O–H groups in total. The van der Waals surface area contributed by atoms with Crippen LogP contribution in [0.15, 0.2) is 48.7 Å². The molecule has 2 heterocycles. The van der Waals surface area contributed by atoms with Crippen LogP contribution in [0.2, 0.25) is 0 Å². The number of para-hydroxylation sites is 1. The lowest BCUT2D eigenvalue weighted by molar-refractivity contribution is -0.137. The van der Waals surface area contributed by atoms with Gasteiger partial charge in [-0.15, -0.1) is 0 Å². The molecule has 0 atom stereocenters. The topological polar surface area (TPSA) is 66.9 Å². The van der Waals surface area contributed by atoms with E-state index in [2.05, 4.69) is 20.6 Å². The molecule has 0 unspecified atom stereocenters. The van der Waals surface area contributed by atoms with E-state index < -0.39 is 11.7 Å². The summed E-state index contributed by atoms with van der Waals surface area (Å²) >= 11 is 0. The zero-order valence-corrected chi connectivity index (χ0v) is 15.5. The fraction of sp³-hybridized carbons (Fsp3) is 0.286. The summed E-state index contributed by atoms with van der Waals surface area (Å²) in [6.07, 6.45) is -1.44. The van der Waals surface area contributed by atoms with Gasteiger partial charge in [0, 0.05) is 36.3 Å². The number of fused-ring (bicyclic) bond motifs is 1. The van der Waals surface area contributed by atoms with Crippen LogP contribution in [0.1, 0.15) is 40.4 Å². The van der Waals surface area contributed by atoms with Crippen LogP contribution in [0.25, 0.3) is 10.9 Å². The third-order valence-electron chi connectivity index (χ3n) is 4.78. The summed E-state index contributed by atoms with van der Waals surface area (Å²) in [7, 11) is 0. The number of benzene rings is 1. The van der Waals surface area contributed by atoms with Crippen molar-refractivity contribution in [2.75, 3.05) is 18.4 Å². The maximum absolute atomic E-state index is 12.7. The standard InChI is InChI=1S/C21H19F3N4O/c22-21(23,24)14-7-8-19(27-12-14)25-9-10-26-20(29)16-11-18(13-5-6-13)28-17-4-2-1-3-15(16)17/h1-4,7-8,11-13H,5-6,9-10H2,(H,25,27)(H,26,29). The number of alkyl halides is 3. The predicted molar refractivity (Wildman–Crippen MR) is 104 cm³/mol. The van der Waals surface area contributed by atoms with Crippen molar-refractivity contribution in [2.24, 2.45) is 0 Å². The Bertz CT molecular complexity index is 1030. The Labute approximate surface area is 165 Å². The minimum atomic E-state index is -4.41. The van der Waals surface area contributed by atoms with Crippen molar-refractivity contribution >= 4 is 22.6 Å². The monoisotopic (exact) mass is 400 g/mol. The van der Waals surface area contributed by atoms with Crippen molar-refractivity contribution in [1.82, 2.24) is 15.3 Å². The highest BCUT2D eigenvalue weighted by Crippen LogP contribution is 2.40. The number of carbonyl (C=O) groups is 1. The van der Waals surface area contributed by atoms with E-state index in [4.69, 9.17) is 0 Å². The SMILES string of the molecule is O=C(NCCNc1ccc(C(F)(F)F)cn1)c1cc(C2CC2)nc2ccccc12. The van der Waals surface area contributed by atoms with E-state index in [9.17, 15) is 18.0 Å². The molecule has 150 valence electrons. The summed E-state index contributed by atoms with van der Waals surface area (Å²) in [6, 6.07) is 11.6. The maximum Gasteiger partial charge on any atom is 0.417 e. The van der Waals surface area contributed by atoms with Gasteiger partial charge < -0.3 is 10.6 Å². The molecule has 8 heteroatoms. The molecule has 0 aliphatic heterocycles. The third kappa shape index (κ3) is 4.47. The van der Waals surface area contributed by atoms with Gasteiger partial charge in [-0.25, -0.2) is 4.98 Å². The van der Waals surface area contributed by atoms with Crippen molar-refractivity contribution in [2.45, 2.75) is 24.9 Å². The average Bonchev–Trinajstić information content (AvgIpc) is 3.55. The maximum atomic E-state index is 12.7. The Hall–Kier alpha value is -3.16. The first-order valence-corrected chi connectivity index (χ1v) is 9.37. The van der Waals surface area contributed by atoms with Gasteiger partial charge in [0.25, 0.3) is 5.91 Å². The lowest BCUT2D eigenvalue weighted by Crippen LogP contribution is -2.29. The molecular formula is C21H19F3N4O. The number of amides is 1. The summed E-state index contributed by atoms with van der Waals surface area (Å²) in [5.41, 5.74) is 1.53. The minimum Gasteiger partial charge on any atom is -0.368 e. The smallest absolute Gasteiger partial charge is 0.368 e. The zero-order chi connectivity index (χ0) is 20.4. The second-order valence-corrected chi connectivity index (χ2v) is 7.00. The lowest BCUT2D eigenvalue weighted by atomic mass is 10.1. The second kappa shape index (κ2) is 7.69. The van der Waals surface area contributed by atoms with Crippen LogP contribution in [-0.2, 0) is 6.18 Å². The fourth-order valence-corrected chi connectivity index (χ4v) is 3.10. The van der Waals surface area contributed by atoms with Crippen LogP contribution in [0.5, 0.6) is 0 Å². The summed E-state index contributed by atoms with van der Waals surface area (Å²) in [6.45, 7) is 0.638. The largest absolute Gasteiger partial charge is 0.417 e. The van der Waals surface area contributed by atoms with Crippen LogP contribution in [0, 0.1) is 0 Å². The van der Waals surface area contributed by atoms with Crippen LogP contribution in [0.3, 0.4) is 0 Å². The molecule has 1 aromatic carbocycles. The highest BCUT2D eigenvalue weighted by molar-refractivity contribution is 6.06. The van der Waals surface area contributed by atoms with Gasteiger partial charge in [0.1, 0.15) is 5.82 Å². The number of nitrogens with zero attached hydrogens (tertiary/aromatic N) is 2. The van der Waals surface area contributed by atoms with Crippen molar-refractivity contribution in [3.63, 3.8) is 0 Å². The van der Waals surface area contributed by atoms with E-state index in [1.807, 2.05) is 30.3 Å². The van der Waals surface area contributed by atoms with Gasteiger partial charge in [0.15, 0.2) is 0 Å². The van der Waals surface area contributed by atoms with Crippen LogP contribution in [-0.4, -0.2) is 29.0 Å². The number of anilines is 1. The minimum absolute atomic E-state index is 0.201.